The first-order valence-electron chi connectivity index (χ1n) is 9.24. The molecule has 7 heteroatoms. The third-order valence-electron chi connectivity index (χ3n) is 4.26. The molecular weight excluding hydrogens is 346 g/mol. The van der Waals surface area contributed by atoms with Crippen LogP contribution in [0.15, 0.2) is 30.3 Å². The summed E-state index contributed by atoms with van der Waals surface area (Å²) in [5.74, 6) is -2.05. The number of hydrogen-bond donors (Lipinski definition) is 4. The zero-order chi connectivity index (χ0) is 20.6. The molecule has 0 aliphatic heterocycles. The third-order valence-corrected chi connectivity index (χ3v) is 4.26. The normalized spacial score (nSPS) is 14.5. The van der Waals surface area contributed by atoms with Crippen LogP contribution in [0.1, 0.15) is 39.7 Å². The van der Waals surface area contributed by atoms with Gasteiger partial charge in [0.15, 0.2) is 0 Å². The van der Waals surface area contributed by atoms with Crippen molar-refractivity contribution in [2.45, 2.75) is 58.7 Å². The summed E-state index contributed by atoms with van der Waals surface area (Å²) < 4.78 is 0. The van der Waals surface area contributed by atoms with Gasteiger partial charge in [0.1, 0.15) is 12.1 Å². The number of rotatable bonds is 10. The molecule has 0 aliphatic rings. The lowest BCUT2D eigenvalue weighted by atomic mass is 10.0. The molecule has 1 aromatic carbocycles. The van der Waals surface area contributed by atoms with Crippen LogP contribution in [0.5, 0.6) is 0 Å². The van der Waals surface area contributed by atoms with Crippen molar-refractivity contribution in [3.8, 4) is 0 Å². The SMILES string of the molecule is CC(C)CC(NC(=O)C(Cc1ccccc1)NC(=O)C(N)C(C)C)C(=O)O. The first-order valence-corrected chi connectivity index (χ1v) is 9.24. The van der Waals surface area contributed by atoms with Gasteiger partial charge in [0.05, 0.1) is 6.04 Å². The highest BCUT2D eigenvalue weighted by atomic mass is 16.4. The number of benzene rings is 1. The van der Waals surface area contributed by atoms with Crippen LogP contribution in [0.3, 0.4) is 0 Å². The average Bonchev–Trinajstić information content (AvgIpc) is 2.59. The summed E-state index contributed by atoms with van der Waals surface area (Å²) in [5.41, 5.74) is 6.73. The predicted molar refractivity (Wildman–Crippen MR) is 104 cm³/mol. The number of nitrogens with two attached hydrogens (primary N) is 1. The van der Waals surface area contributed by atoms with Crippen molar-refractivity contribution < 1.29 is 19.5 Å². The molecule has 0 spiro atoms. The van der Waals surface area contributed by atoms with Crippen LogP contribution in [0, 0.1) is 11.8 Å². The predicted octanol–water partition coefficient (Wildman–Crippen LogP) is 1.31. The number of nitrogens with one attached hydrogen (secondary N) is 2. The molecule has 0 radical (unpaired) electrons. The van der Waals surface area contributed by atoms with Crippen LogP contribution >= 0.6 is 0 Å². The van der Waals surface area contributed by atoms with E-state index in [2.05, 4.69) is 10.6 Å². The van der Waals surface area contributed by atoms with Crippen molar-refractivity contribution in [2.75, 3.05) is 0 Å². The zero-order valence-corrected chi connectivity index (χ0v) is 16.4. The highest BCUT2D eigenvalue weighted by molar-refractivity contribution is 5.92. The number of amides is 2. The minimum Gasteiger partial charge on any atom is -0.480 e. The number of aliphatic carboxylic acids is 1. The maximum Gasteiger partial charge on any atom is 0.326 e. The van der Waals surface area contributed by atoms with Gasteiger partial charge in [-0.3, -0.25) is 9.59 Å². The summed E-state index contributed by atoms with van der Waals surface area (Å²) in [6.07, 6.45) is 0.551. The fraction of sp³-hybridized carbons (Fsp3) is 0.550. The molecule has 2 amide bonds. The highest BCUT2D eigenvalue weighted by Gasteiger charge is 2.29. The lowest BCUT2D eigenvalue weighted by Gasteiger charge is -2.24. The second kappa shape index (κ2) is 10.7. The second-order valence-corrected chi connectivity index (χ2v) is 7.55. The summed E-state index contributed by atoms with van der Waals surface area (Å²) in [6, 6.07) is 6.56. The van der Waals surface area contributed by atoms with Gasteiger partial charge < -0.3 is 21.5 Å². The van der Waals surface area contributed by atoms with Gasteiger partial charge in [-0.2, -0.15) is 0 Å². The van der Waals surface area contributed by atoms with Gasteiger partial charge in [-0.1, -0.05) is 58.0 Å². The Morgan fingerprint density at radius 1 is 0.963 bits per heavy atom. The largest absolute Gasteiger partial charge is 0.480 e. The summed E-state index contributed by atoms with van der Waals surface area (Å²) in [6.45, 7) is 7.40. The zero-order valence-electron chi connectivity index (χ0n) is 16.4. The Morgan fingerprint density at radius 3 is 2.00 bits per heavy atom. The van der Waals surface area contributed by atoms with Gasteiger partial charge in [0, 0.05) is 6.42 Å². The van der Waals surface area contributed by atoms with E-state index >= 15 is 0 Å². The molecule has 0 saturated heterocycles. The van der Waals surface area contributed by atoms with Crippen LogP contribution in [-0.2, 0) is 20.8 Å². The van der Waals surface area contributed by atoms with Gasteiger partial charge >= 0.3 is 5.97 Å². The molecule has 150 valence electrons. The maximum absolute atomic E-state index is 12.7. The van der Waals surface area contributed by atoms with Gasteiger partial charge in [-0.15, -0.1) is 0 Å². The molecule has 0 aromatic heterocycles. The fourth-order valence-electron chi connectivity index (χ4n) is 2.59. The maximum atomic E-state index is 12.7. The Hall–Kier alpha value is -2.41. The summed E-state index contributed by atoms with van der Waals surface area (Å²) >= 11 is 0. The van der Waals surface area contributed by atoms with Crippen LogP contribution < -0.4 is 16.4 Å². The first-order chi connectivity index (χ1) is 12.6. The molecule has 0 fully saturated rings. The second-order valence-electron chi connectivity index (χ2n) is 7.55. The molecule has 0 heterocycles. The van der Waals surface area contributed by atoms with Crippen molar-refractivity contribution in [1.29, 1.82) is 0 Å². The van der Waals surface area contributed by atoms with E-state index in [4.69, 9.17) is 5.73 Å². The van der Waals surface area contributed by atoms with Gasteiger partial charge in [0.2, 0.25) is 11.8 Å². The van der Waals surface area contributed by atoms with E-state index in [1.54, 1.807) is 0 Å². The molecule has 0 saturated carbocycles. The van der Waals surface area contributed by atoms with Crippen LogP contribution in [0.2, 0.25) is 0 Å². The van der Waals surface area contributed by atoms with Crippen molar-refractivity contribution >= 4 is 17.8 Å². The van der Waals surface area contributed by atoms with E-state index in [1.807, 2.05) is 58.0 Å². The molecule has 1 aromatic rings. The topological polar surface area (TPSA) is 122 Å². The Balaban J connectivity index is 2.95. The molecule has 7 nitrogen and oxygen atoms in total. The number of carboxylic acid groups (broad SMARTS) is 1. The number of hydrogen-bond acceptors (Lipinski definition) is 4. The molecule has 5 N–H and O–H groups in total. The fourth-order valence-corrected chi connectivity index (χ4v) is 2.59. The summed E-state index contributed by atoms with van der Waals surface area (Å²) in [4.78, 5) is 36.5. The lowest BCUT2D eigenvalue weighted by molar-refractivity contribution is -0.142. The minimum atomic E-state index is -1.10. The Morgan fingerprint density at radius 2 is 1.52 bits per heavy atom. The van der Waals surface area contributed by atoms with Crippen molar-refractivity contribution in [2.24, 2.45) is 17.6 Å². The minimum absolute atomic E-state index is 0.0851. The number of carbonyl (C=O) groups is 3. The Labute approximate surface area is 160 Å². The molecular formula is C20H31N3O4. The monoisotopic (exact) mass is 377 g/mol. The van der Waals surface area contributed by atoms with E-state index < -0.39 is 35.9 Å². The average molecular weight is 377 g/mol. The first kappa shape index (κ1) is 22.6. The van der Waals surface area contributed by atoms with Gasteiger partial charge in [0.25, 0.3) is 0 Å². The molecule has 1 rings (SSSR count). The van der Waals surface area contributed by atoms with Crippen molar-refractivity contribution in [3.05, 3.63) is 35.9 Å². The van der Waals surface area contributed by atoms with Crippen LogP contribution in [0.25, 0.3) is 0 Å². The molecule has 0 bridgehead atoms. The van der Waals surface area contributed by atoms with E-state index in [9.17, 15) is 19.5 Å². The molecule has 3 unspecified atom stereocenters. The molecule has 0 aliphatic carbocycles. The number of carbonyl (C=O) groups excluding carboxylic acids is 2. The lowest BCUT2D eigenvalue weighted by Crippen LogP contribution is -2.56. The van der Waals surface area contributed by atoms with Gasteiger partial charge in [-0.25, -0.2) is 4.79 Å². The molecule has 27 heavy (non-hydrogen) atoms. The van der Waals surface area contributed by atoms with Crippen molar-refractivity contribution in [1.82, 2.24) is 10.6 Å². The number of carboxylic acids is 1. The third kappa shape index (κ3) is 7.78. The van der Waals surface area contributed by atoms with Crippen LogP contribution in [0.4, 0.5) is 0 Å². The Kier molecular flexibility index (Phi) is 8.94. The van der Waals surface area contributed by atoms with E-state index in [1.165, 1.54) is 0 Å². The van der Waals surface area contributed by atoms with E-state index in [-0.39, 0.29) is 18.3 Å². The summed E-state index contributed by atoms with van der Waals surface area (Å²) in [7, 11) is 0. The molecule has 3 atom stereocenters. The van der Waals surface area contributed by atoms with Crippen LogP contribution in [-0.4, -0.2) is 41.0 Å². The quantitative estimate of drug-likeness (QED) is 0.490. The standard InChI is InChI=1S/C20H31N3O4/c1-12(2)10-16(20(26)27)23-18(24)15(11-14-8-6-5-7-9-14)22-19(25)17(21)13(3)4/h5-9,12-13,15-17H,10-11,21H2,1-4H3,(H,22,25)(H,23,24)(H,26,27). The van der Waals surface area contributed by atoms with Crippen molar-refractivity contribution in [3.63, 3.8) is 0 Å². The van der Waals surface area contributed by atoms with E-state index in [0.717, 1.165) is 5.56 Å². The highest BCUT2D eigenvalue weighted by Crippen LogP contribution is 2.08. The Bertz CT molecular complexity index is 631. The smallest absolute Gasteiger partial charge is 0.326 e. The van der Waals surface area contributed by atoms with E-state index in [0.29, 0.717) is 6.42 Å². The summed E-state index contributed by atoms with van der Waals surface area (Å²) in [5, 5.41) is 14.6. The van der Waals surface area contributed by atoms with Gasteiger partial charge in [-0.05, 0) is 23.8 Å².